The molecule has 1 N–H and O–H groups in total. The van der Waals surface area contributed by atoms with Gasteiger partial charge in [-0.1, -0.05) is 49.9 Å². The third-order valence-electron chi connectivity index (χ3n) is 7.90. The van der Waals surface area contributed by atoms with Crippen LogP contribution in [0, 0.1) is 17.8 Å². The molecule has 4 atom stereocenters. The fraction of sp³-hybridized carbons (Fsp3) is 0.556. The van der Waals surface area contributed by atoms with E-state index in [9.17, 15) is 9.59 Å². The maximum Gasteiger partial charge on any atom is 0.248 e. The summed E-state index contributed by atoms with van der Waals surface area (Å²) in [6.07, 6.45) is 11.3. The number of amides is 2. The predicted molar refractivity (Wildman–Crippen MR) is 130 cm³/mol. The summed E-state index contributed by atoms with van der Waals surface area (Å²) in [5.74, 6) is 2.02. The molecule has 3 saturated carbocycles. The molecular weight excluding hydrogens is 416 g/mol. The van der Waals surface area contributed by atoms with Crippen LogP contribution >= 0.6 is 11.3 Å². The standard InChI is InChI=1S/C27H34N2O2S/c30-25(18-21-17-19-13-14-20(21)16-19)29(23-10-5-2-6-11-23)26(24-12-7-15-32-24)27(31)28-22-8-3-1-4-9-22/h2,5-7,10-12,15,19-22,26H,1,3-4,8-9,13-14,16-18H2,(H,28,31)/t19-,20-,21+,26+/m0/s1. The fourth-order valence-electron chi connectivity index (χ4n) is 6.32. The van der Waals surface area contributed by atoms with Gasteiger partial charge in [0.05, 0.1) is 0 Å². The zero-order valence-electron chi connectivity index (χ0n) is 18.7. The van der Waals surface area contributed by atoms with Crippen molar-refractivity contribution in [2.75, 3.05) is 4.90 Å². The van der Waals surface area contributed by atoms with Crippen LogP contribution in [0.4, 0.5) is 5.69 Å². The lowest BCUT2D eigenvalue weighted by Crippen LogP contribution is -2.47. The lowest BCUT2D eigenvalue weighted by Gasteiger charge is -2.34. The Balaban J connectivity index is 1.43. The number of para-hydroxylation sites is 1. The van der Waals surface area contributed by atoms with Crippen LogP contribution in [0.3, 0.4) is 0 Å². The topological polar surface area (TPSA) is 49.4 Å². The number of nitrogens with one attached hydrogen (secondary N) is 1. The van der Waals surface area contributed by atoms with Gasteiger partial charge in [-0.25, -0.2) is 0 Å². The number of benzene rings is 1. The minimum absolute atomic E-state index is 0.0375. The third-order valence-corrected chi connectivity index (χ3v) is 8.82. The highest BCUT2D eigenvalue weighted by molar-refractivity contribution is 7.10. The van der Waals surface area contributed by atoms with Crippen LogP contribution in [0.2, 0.25) is 0 Å². The molecule has 3 aliphatic rings. The normalized spacial score (nSPS) is 26.1. The Morgan fingerprint density at radius 1 is 0.969 bits per heavy atom. The van der Waals surface area contributed by atoms with E-state index in [0.29, 0.717) is 18.3 Å². The molecule has 2 aromatic rings. The molecule has 1 aromatic carbocycles. The van der Waals surface area contributed by atoms with Gasteiger partial charge in [0, 0.05) is 23.0 Å². The maximum absolute atomic E-state index is 13.9. The van der Waals surface area contributed by atoms with E-state index in [4.69, 9.17) is 0 Å². The molecule has 5 rings (SSSR count). The van der Waals surface area contributed by atoms with E-state index in [1.54, 1.807) is 16.2 Å². The number of carbonyl (C=O) groups is 2. The summed E-state index contributed by atoms with van der Waals surface area (Å²) < 4.78 is 0. The van der Waals surface area contributed by atoms with Crippen LogP contribution in [-0.4, -0.2) is 17.9 Å². The summed E-state index contributed by atoms with van der Waals surface area (Å²) in [4.78, 5) is 30.3. The molecule has 0 spiro atoms. The Labute approximate surface area is 195 Å². The van der Waals surface area contributed by atoms with E-state index in [0.717, 1.165) is 29.3 Å². The summed E-state index contributed by atoms with van der Waals surface area (Å²) in [6, 6.07) is 13.4. The SMILES string of the molecule is O=C(NC1CCCCC1)[C@@H](c1cccs1)N(C(=O)C[C@H]1C[C@H]2CC[C@H]1C2)c1ccccc1. The minimum Gasteiger partial charge on any atom is -0.351 e. The molecule has 1 heterocycles. The maximum atomic E-state index is 13.9. The van der Waals surface area contributed by atoms with E-state index >= 15 is 0 Å². The van der Waals surface area contributed by atoms with Crippen molar-refractivity contribution in [1.82, 2.24) is 5.32 Å². The first-order valence-electron chi connectivity index (χ1n) is 12.4. The van der Waals surface area contributed by atoms with Crippen LogP contribution in [0.5, 0.6) is 0 Å². The molecule has 0 aliphatic heterocycles. The largest absolute Gasteiger partial charge is 0.351 e. The Morgan fingerprint density at radius 3 is 2.44 bits per heavy atom. The molecule has 3 fully saturated rings. The number of fused-ring (bicyclic) bond motifs is 2. The van der Waals surface area contributed by atoms with Crippen molar-refractivity contribution in [2.24, 2.45) is 17.8 Å². The molecule has 2 amide bonds. The van der Waals surface area contributed by atoms with E-state index in [-0.39, 0.29) is 17.9 Å². The van der Waals surface area contributed by atoms with Gasteiger partial charge in [0.1, 0.15) is 6.04 Å². The van der Waals surface area contributed by atoms with E-state index in [1.807, 2.05) is 47.8 Å². The summed E-state index contributed by atoms with van der Waals surface area (Å²) >= 11 is 1.56. The molecule has 0 radical (unpaired) electrons. The van der Waals surface area contributed by atoms with Gasteiger partial charge in [-0.3, -0.25) is 14.5 Å². The average Bonchev–Trinajstić information content (AvgIpc) is 3.57. The zero-order chi connectivity index (χ0) is 21.9. The van der Waals surface area contributed by atoms with Crippen LogP contribution in [0.15, 0.2) is 47.8 Å². The molecule has 170 valence electrons. The van der Waals surface area contributed by atoms with Gasteiger partial charge in [0.25, 0.3) is 0 Å². The molecule has 5 heteroatoms. The van der Waals surface area contributed by atoms with Gasteiger partial charge in [-0.15, -0.1) is 11.3 Å². The Bertz CT molecular complexity index is 907. The van der Waals surface area contributed by atoms with Crippen molar-refractivity contribution < 1.29 is 9.59 Å². The van der Waals surface area contributed by atoms with Crippen molar-refractivity contribution in [2.45, 2.75) is 76.3 Å². The molecule has 2 bridgehead atoms. The summed E-state index contributed by atoms with van der Waals surface area (Å²) in [5.41, 5.74) is 0.817. The van der Waals surface area contributed by atoms with Gasteiger partial charge in [-0.05, 0) is 73.4 Å². The highest BCUT2D eigenvalue weighted by Crippen LogP contribution is 2.50. The van der Waals surface area contributed by atoms with Crippen LogP contribution in [0.1, 0.15) is 75.1 Å². The number of anilines is 1. The molecule has 0 unspecified atom stereocenters. The molecule has 3 aliphatic carbocycles. The van der Waals surface area contributed by atoms with Crippen molar-refractivity contribution in [3.05, 3.63) is 52.7 Å². The Kier molecular flexibility index (Phi) is 6.63. The van der Waals surface area contributed by atoms with Crippen molar-refractivity contribution in [3.8, 4) is 0 Å². The van der Waals surface area contributed by atoms with Gasteiger partial charge in [0.2, 0.25) is 11.8 Å². The van der Waals surface area contributed by atoms with Crippen molar-refractivity contribution >= 4 is 28.8 Å². The number of rotatable bonds is 7. The summed E-state index contributed by atoms with van der Waals surface area (Å²) in [5, 5.41) is 5.31. The monoisotopic (exact) mass is 450 g/mol. The second-order valence-corrected chi connectivity index (χ2v) is 11.0. The van der Waals surface area contributed by atoms with Crippen molar-refractivity contribution in [1.29, 1.82) is 0 Å². The Morgan fingerprint density at radius 2 is 1.78 bits per heavy atom. The predicted octanol–water partition coefficient (Wildman–Crippen LogP) is 6.10. The summed E-state index contributed by atoms with van der Waals surface area (Å²) in [6.45, 7) is 0. The fourth-order valence-corrected chi connectivity index (χ4v) is 7.14. The number of hydrogen-bond donors (Lipinski definition) is 1. The highest BCUT2D eigenvalue weighted by atomic mass is 32.1. The molecular formula is C27H34N2O2S. The number of thiophene rings is 1. The first kappa shape index (κ1) is 21.7. The average molecular weight is 451 g/mol. The minimum atomic E-state index is -0.606. The van der Waals surface area contributed by atoms with E-state index in [1.165, 1.54) is 44.9 Å². The summed E-state index contributed by atoms with van der Waals surface area (Å²) in [7, 11) is 0. The van der Waals surface area contributed by atoms with Crippen LogP contribution in [0.25, 0.3) is 0 Å². The molecule has 32 heavy (non-hydrogen) atoms. The van der Waals surface area contributed by atoms with Crippen molar-refractivity contribution in [3.63, 3.8) is 0 Å². The van der Waals surface area contributed by atoms with Gasteiger partial charge in [0.15, 0.2) is 0 Å². The van der Waals surface area contributed by atoms with Gasteiger partial charge in [-0.2, -0.15) is 0 Å². The van der Waals surface area contributed by atoms with Crippen LogP contribution in [-0.2, 0) is 9.59 Å². The molecule has 4 nitrogen and oxygen atoms in total. The first-order valence-corrected chi connectivity index (χ1v) is 13.3. The molecule has 1 aromatic heterocycles. The lowest BCUT2D eigenvalue weighted by molar-refractivity contribution is -0.127. The number of nitrogens with zero attached hydrogens (tertiary/aromatic N) is 1. The lowest BCUT2D eigenvalue weighted by atomic mass is 9.86. The second-order valence-electron chi connectivity index (χ2n) is 10.00. The number of carbonyl (C=O) groups excluding carboxylic acids is 2. The Hall–Kier alpha value is -2.14. The smallest absolute Gasteiger partial charge is 0.248 e. The molecule has 0 saturated heterocycles. The van der Waals surface area contributed by atoms with Gasteiger partial charge < -0.3 is 5.32 Å². The van der Waals surface area contributed by atoms with E-state index < -0.39 is 6.04 Å². The van der Waals surface area contributed by atoms with Crippen LogP contribution < -0.4 is 10.2 Å². The zero-order valence-corrected chi connectivity index (χ0v) is 19.6. The van der Waals surface area contributed by atoms with Gasteiger partial charge >= 0.3 is 0 Å². The number of hydrogen-bond acceptors (Lipinski definition) is 3. The second kappa shape index (κ2) is 9.78. The quantitative estimate of drug-likeness (QED) is 0.554. The third kappa shape index (κ3) is 4.63. The highest BCUT2D eigenvalue weighted by Gasteiger charge is 2.42. The van der Waals surface area contributed by atoms with E-state index in [2.05, 4.69) is 5.32 Å². The first-order chi connectivity index (χ1) is 15.7.